The van der Waals surface area contributed by atoms with E-state index < -0.39 is 0 Å². The number of hydrogen-bond donors (Lipinski definition) is 1. The smallest absolute Gasteiger partial charge is 0.255 e. The van der Waals surface area contributed by atoms with Gasteiger partial charge in [0.25, 0.3) is 5.56 Å². The minimum atomic E-state index is -0.246. The van der Waals surface area contributed by atoms with Crippen molar-refractivity contribution in [1.29, 1.82) is 0 Å². The predicted molar refractivity (Wildman–Crippen MR) is 51.4 cm³/mol. The Labute approximate surface area is 79.8 Å². The quantitative estimate of drug-likeness (QED) is 0.437. The SMILES string of the molecule is CSc1nc(C(C)=O)c(C)c(=O)[nH]1. The number of carbonyl (C=O) groups excluding carboxylic acids is 1. The number of nitrogens with zero attached hydrogens (tertiary/aromatic N) is 1. The van der Waals surface area contributed by atoms with Gasteiger partial charge < -0.3 is 4.98 Å². The molecule has 13 heavy (non-hydrogen) atoms. The van der Waals surface area contributed by atoms with Gasteiger partial charge in [-0.05, 0) is 13.2 Å². The van der Waals surface area contributed by atoms with Gasteiger partial charge >= 0.3 is 0 Å². The fraction of sp³-hybridized carbons (Fsp3) is 0.375. The van der Waals surface area contributed by atoms with Crippen LogP contribution in [0.4, 0.5) is 0 Å². The van der Waals surface area contributed by atoms with Gasteiger partial charge in [-0.1, -0.05) is 11.8 Å². The first-order valence-corrected chi connectivity index (χ1v) is 4.94. The third kappa shape index (κ3) is 1.98. The summed E-state index contributed by atoms with van der Waals surface area (Å²) >= 11 is 1.30. The minimum absolute atomic E-state index is 0.182. The van der Waals surface area contributed by atoms with Crippen LogP contribution in [0.2, 0.25) is 0 Å². The molecule has 4 nitrogen and oxygen atoms in total. The van der Waals surface area contributed by atoms with Crippen molar-refractivity contribution >= 4 is 17.5 Å². The zero-order valence-corrected chi connectivity index (χ0v) is 8.49. The summed E-state index contributed by atoms with van der Waals surface area (Å²) in [6, 6.07) is 0. The van der Waals surface area contributed by atoms with E-state index in [1.54, 1.807) is 13.2 Å². The first-order chi connectivity index (χ1) is 6.06. The van der Waals surface area contributed by atoms with Crippen molar-refractivity contribution < 1.29 is 4.79 Å². The number of Topliss-reactive ketones (excluding diaryl/α,β-unsaturated/α-hetero) is 1. The highest BCUT2D eigenvalue weighted by molar-refractivity contribution is 7.98. The Hall–Kier alpha value is -1.10. The van der Waals surface area contributed by atoms with Crippen LogP contribution >= 0.6 is 11.8 Å². The second-order valence-electron chi connectivity index (χ2n) is 2.60. The molecule has 0 aliphatic carbocycles. The molecular weight excluding hydrogens is 188 g/mol. The summed E-state index contributed by atoms with van der Waals surface area (Å²) in [5.74, 6) is -0.182. The second-order valence-corrected chi connectivity index (χ2v) is 3.40. The van der Waals surface area contributed by atoms with E-state index in [1.165, 1.54) is 18.7 Å². The Morgan fingerprint density at radius 1 is 1.54 bits per heavy atom. The number of H-pyrrole nitrogens is 1. The number of hydrogen-bond acceptors (Lipinski definition) is 4. The molecule has 0 fully saturated rings. The Morgan fingerprint density at radius 3 is 2.62 bits per heavy atom. The summed E-state index contributed by atoms with van der Waals surface area (Å²) in [6.07, 6.45) is 1.79. The average Bonchev–Trinajstić information content (AvgIpc) is 2.09. The molecule has 0 amide bonds. The second kappa shape index (κ2) is 3.74. The number of nitrogens with one attached hydrogen (secondary N) is 1. The van der Waals surface area contributed by atoms with Crippen LogP contribution in [0.1, 0.15) is 23.0 Å². The first-order valence-electron chi connectivity index (χ1n) is 3.72. The molecule has 0 aliphatic rings. The minimum Gasteiger partial charge on any atom is -0.301 e. The van der Waals surface area contributed by atoms with Crippen LogP contribution in [0.3, 0.4) is 0 Å². The van der Waals surface area contributed by atoms with Crippen LogP contribution in [0.15, 0.2) is 9.95 Å². The summed E-state index contributed by atoms with van der Waals surface area (Å²) in [4.78, 5) is 28.9. The number of rotatable bonds is 2. The van der Waals surface area contributed by atoms with Gasteiger partial charge in [0.15, 0.2) is 10.9 Å². The maximum atomic E-state index is 11.3. The zero-order chi connectivity index (χ0) is 10.0. The summed E-state index contributed by atoms with van der Waals surface area (Å²) in [5.41, 5.74) is 0.392. The van der Waals surface area contributed by atoms with Gasteiger partial charge in [-0.25, -0.2) is 4.98 Å². The topological polar surface area (TPSA) is 62.8 Å². The average molecular weight is 198 g/mol. The fourth-order valence-corrected chi connectivity index (χ4v) is 1.33. The molecule has 0 bridgehead atoms. The van der Waals surface area contributed by atoms with Crippen LogP contribution in [-0.4, -0.2) is 22.0 Å². The Morgan fingerprint density at radius 2 is 2.15 bits per heavy atom. The Balaban J connectivity index is 3.42. The van der Waals surface area contributed by atoms with E-state index in [4.69, 9.17) is 0 Å². The zero-order valence-electron chi connectivity index (χ0n) is 7.67. The van der Waals surface area contributed by atoms with Crippen molar-refractivity contribution in [3.8, 4) is 0 Å². The van der Waals surface area contributed by atoms with Crippen LogP contribution in [0.25, 0.3) is 0 Å². The third-order valence-electron chi connectivity index (χ3n) is 1.66. The van der Waals surface area contributed by atoms with Crippen LogP contribution in [0.5, 0.6) is 0 Å². The highest BCUT2D eigenvalue weighted by atomic mass is 32.2. The van der Waals surface area contributed by atoms with Crippen molar-refractivity contribution in [3.63, 3.8) is 0 Å². The van der Waals surface area contributed by atoms with Gasteiger partial charge in [0, 0.05) is 12.5 Å². The van der Waals surface area contributed by atoms with Gasteiger partial charge in [-0.2, -0.15) is 0 Å². The summed E-state index contributed by atoms with van der Waals surface area (Å²) in [6.45, 7) is 2.99. The standard InChI is InChI=1S/C8H10N2O2S/c1-4-6(5(2)11)9-8(13-3)10-7(4)12/h1-3H3,(H,9,10,12). The summed E-state index contributed by atoms with van der Waals surface area (Å²) < 4.78 is 0. The summed E-state index contributed by atoms with van der Waals surface area (Å²) in [7, 11) is 0. The van der Waals surface area contributed by atoms with Crippen molar-refractivity contribution in [1.82, 2.24) is 9.97 Å². The van der Waals surface area contributed by atoms with E-state index in [0.717, 1.165) is 0 Å². The molecule has 1 heterocycles. The third-order valence-corrected chi connectivity index (χ3v) is 2.24. The molecule has 0 saturated carbocycles. The van der Waals surface area contributed by atoms with E-state index in [-0.39, 0.29) is 17.0 Å². The van der Waals surface area contributed by atoms with E-state index in [0.29, 0.717) is 10.7 Å². The summed E-state index contributed by atoms with van der Waals surface area (Å²) in [5, 5.41) is 0.473. The number of aromatic nitrogens is 2. The predicted octanol–water partition coefficient (Wildman–Crippen LogP) is 1.00. The molecule has 0 atom stereocenters. The van der Waals surface area contributed by atoms with Crippen LogP contribution in [-0.2, 0) is 0 Å². The molecule has 1 aromatic rings. The number of ketones is 1. The highest BCUT2D eigenvalue weighted by Gasteiger charge is 2.10. The molecule has 0 unspecified atom stereocenters. The lowest BCUT2D eigenvalue weighted by Crippen LogP contribution is -2.17. The normalized spacial score (nSPS) is 10.1. The van der Waals surface area contributed by atoms with Crippen molar-refractivity contribution in [2.24, 2.45) is 0 Å². The molecule has 0 aromatic carbocycles. The maximum Gasteiger partial charge on any atom is 0.255 e. The Bertz CT molecular complexity index is 398. The van der Waals surface area contributed by atoms with E-state index in [1.807, 2.05) is 0 Å². The van der Waals surface area contributed by atoms with Gasteiger partial charge in [0.05, 0.1) is 0 Å². The maximum absolute atomic E-state index is 11.3. The first kappa shape index (κ1) is 9.98. The van der Waals surface area contributed by atoms with Crippen molar-refractivity contribution in [3.05, 3.63) is 21.6 Å². The number of carbonyl (C=O) groups is 1. The van der Waals surface area contributed by atoms with Crippen molar-refractivity contribution in [2.75, 3.05) is 6.26 Å². The lowest BCUT2D eigenvalue weighted by Gasteiger charge is -2.01. The molecule has 0 spiro atoms. The lowest BCUT2D eigenvalue weighted by molar-refractivity contribution is 0.101. The van der Waals surface area contributed by atoms with Gasteiger partial charge in [-0.15, -0.1) is 0 Å². The molecule has 0 aliphatic heterocycles. The van der Waals surface area contributed by atoms with Crippen molar-refractivity contribution in [2.45, 2.75) is 19.0 Å². The monoisotopic (exact) mass is 198 g/mol. The van der Waals surface area contributed by atoms with Crippen LogP contribution < -0.4 is 5.56 Å². The molecule has 70 valence electrons. The van der Waals surface area contributed by atoms with E-state index in [9.17, 15) is 9.59 Å². The molecule has 0 radical (unpaired) electrons. The molecular formula is C8H10N2O2S. The van der Waals surface area contributed by atoms with E-state index >= 15 is 0 Å². The molecule has 1 N–H and O–H groups in total. The Kier molecular flexibility index (Phi) is 2.87. The molecule has 0 saturated heterocycles. The number of aromatic amines is 1. The van der Waals surface area contributed by atoms with Crippen LogP contribution in [0, 0.1) is 6.92 Å². The fourth-order valence-electron chi connectivity index (χ4n) is 0.951. The van der Waals surface area contributed by atoms with Gasteiger partial charge in [0.1, 0.15) is 5.69 Å². The van der Waals surface area contributed by atoms with Gasteiger partial charge in [0.2, 0.25) is 0 Å². The molecule has 1 rings (SSSR count). The van der Waals surface area contributed by atoms with E-state index in [2.05, 4.69) is 9.97 Å². The molecule has 1 aromatic heterocycles. The highest BCUT2D eigenvalue weighted by Crippen LogP contribution is 2.08. The number of thioether (sulfide) groups is 1. The largest absolute Gasteiger partial charge is 0.301 e. The lowest BCUT2D eigenvalue weighted by atomic mass is 10.2. The molecule has 5 heteroatoms. The van der Waals surface area contributed by atoms with Gasteiger partial charge in [-0.3, -0.25) is 9.59 Å².